The summed E-state index contributed by atoms with van der Waals surface area (Å²) in [5.41, 5.74) is 7.46. The van der Waals surface area contributed by atoms with Gasteiger partial charge in [-0.25, -0.2) is 0 Å². The first-order valence-electron chi connectivity index (χ1n) is 7.19. The van der Waals surface area contributed by atoms with Crippen LogP contribution in [0.2, 0.25) is 0 Å². The number of amides is 1. The Balaban J connectivity index is 1.96. The molecule has 3 rings (SSSR count). The van der Waals surface area contributed by atoms with Crippen LogP contribution in [-0.2, 0) is 0 Å². The molecule has 0 fully saturated rings. The van der Waals surface area contributed by atoms with Crippen LogP contribution in [0.4, 0.5) is 5.69 Å². The van der Waals surface area contributed by atoms with E-state index in [1.54, 1.807) is 37.6 Å². The van der Waals surface area contributed by atoms with Gasteiger partial charge in [0, 0.05) is 22.7 Å². The van der Waals surface area contributed by atoms with Gasteiger partial charge in [0.25, 0.3) is 0 Å². The zero-order valence-corrected chi connectivity index (χ0v) is 12.7. The van der Waals surface area contributed by atoms with Crippen LogP contribution in [0.25, 0.3) is 10.8 Å². The Morgan fingerprint density at radius 2 is 1.70 bits per heavy atom. The number of hydrogen-bond donors (Lipinski definition) is 1. The van der Waals surface area contributed by atoms with Crippen LogP contribution < -0.4 is 10.5 Å². The second kappa shape index (κ2) is 6.32. The van der Waals surface area contributed by atoms with E-state index < -0.39 is 5.91 Å². The van der Waals surface area contributed by atoms with Gasteiger partial charge in [-0.1, -0.05) is 24.3 Å². The number of carbonyl (C=O) groups excluding carboxylic acids is 1. The van der Waals surface area contributed by atoms with Crippen LogP contribution in [0.3, 0.4) is 0 Å². The molecule has 0 bridgehead atoms. The second-order valence-corrected chi connectivity index (χ2v) is 5.07. The Bertz CT molecular complexity index is 884. The Kier molecular flexibility index (Phi) is 4.06. The Morgan fingerprint density at radius 1 is 1.00 bits per heavy atom. The van der Waals surface area contributed by atoms with Crippen molar-refractivity contribution >= 4 is 28.6 Å². The summed E-state index contributed by atoms with van der Waals surface area (Å²) >= 11 is 0. The summed E-state index contributed by atoms with van der Waals surface area (Å²) in [6.07, 6.45) is 1.81. The van der Waals surface area contributed by atoms with Crippen LogP contribution in [-0.4, -0.2) is 19.2 Å². The molecular formula is C19H16N2O2. The number of aliphatic imine (C=N–C) groups is 1. The lowest BCUT2D eigenvalue weighted by Gasteiger charge is -2.07. The molecule has 4 nitrogen and oxygen atoms in total. The molecule has 0 atom stereocenters. The first kappa shape index (κ1) is 14.8. The number of carbonyl (C=O) groups is 1. The third-order valence-corrected chi connectivity index (χ3v) is 3.64. The summed E-state index contributed by atoms with van der Waals surface area (Å²) in [6, 6.07) is 18.8. The van der Waals surface area contributed by atoms with Crippen molar-refractivity contribution in [3.63, 3.8) is 0 Å². The van der Waals surface area contributed by atoms with E-state index in [-0.39, 0.29) is 0 Å². The monoisotopic (exact) mass is 304 g/mol. The summed E-state index contributed by atoms with van der Waals surface area (Å²) in [4.78, 5) is 15.5. The Labute approximate surface area is 134 Å². The minimum Gasteiger partial charge on any atom is -0.496 e. The number of hydrogen-bond acceptors (Lipinski definition) is 3. The van der Waals surface area contributed by atoms with Crippen molar-refractivity contribution in [3.8, 4) is 5.75 Å². The maximum Gasteiger partial charge on any atom is 0.248 e. The fourth-order valence-corrected chi connectivity index (χ4v) is 2.44. The molecule has 3 aromatic carbocycles. The van der Waals surface area contributed by atoms with E-state index in [0.29, 0.717) is 5.56 Å². The molecule has 0 aliphatic rings. The van der Waals surface area contributed by atoms with E-state index in [9.17, 15) is 4.79 Å². The third kappa shape index (κ3) is 3.06. The molecule has 114 valence electrons. The van der Waals surface area contributed by atoms with Gasteiger partial charge in [-0.15, -0.1) is 0 Å². The van der Waals surface area contributed by atoms with Crippen LogP contribution in [0, 0.1) is 0 Å². The van der Waals surface area contributed by atoms with Gasteiger partial charge >= 0.3 is 0 Å². The zero-order chi connectivity index (χ0) is 16.2. The molecule has 0 aromatic heterocycles. The average molecular weight is 304 g/mol. The van der Waals surface area contributed by atoms with E-state index >= 15 is 0 Å². The number of nitrogens with two attached hydrogens (primary N) is 1. The van der Waals surface area contributed by atoms with Crippen LogP contribution in [0.1, 0.15) is 15.9 Å². The van der Waals surface area contributed by atoms with Crippen molar-refractivity contribution < 1.29 is 9.53 Å². The number of fused-ring (bicyclic) bond motifs is 1. The number of nitrogens with zero attached hydrogens (tertiary/aromatic N) is 1. The summed E-state index contributed by atoms with van der Waals surface area (Å²) in [5, 5.41) is 2.12. The van der Waals surface area contributed by atoms with Crippen molar-refractivity contribution in [1.29, 1.82) is 0 Å². The Hall–Kier alpha value is -3.14. The van der Waals surface area contributed by atoms with E-state index in [0.717, 1.165) is 27.8 Å². The highest BCUT2D eigenvalue weighted by molar-refractivity contribution is 6.03. The molecule has 0 spiro atoms. The van der Waals surface area contributed by atoms with Gasteiger partial charge in [-0.2, -0.15) is 0 Å². The zero-order valence-electron chi connectivity index (χ0n) is 12.7. The summed E-state index contributed by atoms with van der Waals surface area (Å²) in [7, 11) is 1.66. The molecule has 23 heavy (non-hydrogen) atoms. The molecule has 0 aliphatic heterocycles. The molecule has 4 heteroatoms. The van der Waals surface area contributed by atoms with Crippen LogP contribution >= 0.6 is 0 Å². The van der Waals surface area contributed by atoms with Crippen molar-refractivity contribution in [2.24, 2.45) is 10.7 Å². The van der Waals surface area contributed by atoms with Crippen LogP contribution in [0.15, 0.2) is 65.7 Å². The minimum atomic E-state index is -0.443. The number of benzene rings is 3. The summed E-state index contributed by atoms with van der Waals surface area (Å²) in [5.74, 6) is 0.394. The molecule has 1 amide bonds. The topological polar surface area (TPSA) is 64.7 Å². The molecule has 0 heterocycles. The lowest BCUT2D eigenvalue weighted by molar-refractivity contribution is 0.100. The van der Waals surface area contributed by atoms with Gasteiger partial charge in [0.15, 0.2) is 0 Å². The molecule has 0 saturated heterocycles. The number of methoxy groups -OCH3 is 1. The van der Waals surface area contributed by atoms with Gasteiger partial charge in [-0.3, -0.25) is 9.79 Å². The van der Waals surface area contributed by atoms with E-state index in [2.05, 4.69) is 4.99 Å². The van der Waals surface area contributed by atoms with Gasteiger partial charge in [0.05, 0.1) is 12.8 Å². The lowest BCUT2D eigenvalue weighted by atomic mass is 10.0. The van der Waals surface area contributed by atoms with E-state index in [1.165, 1.54) is 0 Å². The highest BCUT2D eigenvalue weighted by Gasteiger charge is 2.04. The fraction of sp³-hybridized carbons (Fsp3) is 0.0526. The quantitative estimate of drug-likeness (QED) is 0.747. The minimum absolute atomic E-state index is 0.443. The molecule has 0 saturated carbocycles. The number of rotatable bonds is 4. The van der Waals surface area contributed by atoms with E-state index in [4.69, 9.17) is 10.5 Å². The molecule has 3 aromatic rings. The standard InChI is InChI=1S/C19H16N2O2/c1-23-18-11-8-14(16-4-2-3-5-17(16)18)12-21-15-9-6-13(7-10-15)19(20)22/h2-12H,1H3,(H2,20,22)/b21-12+. The first-order chi connectivity index (χ1) is 11.2. The number of primary amides is 1. The largest absolute Gasteiger partial charge is 0.496 e. The smallest absolute Gasteiger partial charge is 0.248 e. The predicted octanol–water partition coefficient (Wildman–Crippen LogP) is 3.70. The lowest BCUT2D eigenvalue weighted by Crippen LogP contribution is -2.10. The van der Waals surface area contributed by atoms with Gasteiger partial charge in [0.1, 0.15) is 5.75 Å². The number of ether oxygens (including phenoxy) is 1. The SMILES string of the molecule is COc1ccc(/C=N/c2ccc(C(N)=O)cc2)c2ccccc12. The Morgan fingerprint density at radius 3 is 2.35 bits per heavy atom. The van der Waals surface area contributed by atoms with Crippen molar-refractivity contribution in [2.45, 2.75) is 0 Å². The fourth-order valence-electron chi connectivity index (χ4n) is 2.44. The van der Waals surface area contributed by atoms with E-state index in [1.807, 2.05) is 36.4 Å². The maximum atomic E-state index is 11.1. The molecule has 0 radical (unpaired) electrons. The highest BCUT2D eigenvalue weighted by atomic mass is 16.5. The van der Waals surface area contributed by atoms with Crippen molar-refractivity contribution in [2.75, 3.05) is 7.11 Å². The average Bonchev–Trinajstić information content (AvgIpc) is 2.60. The van der Waals surface area contributed by atoms with Crippen molar-refractivity contribution in [3.05, 3.63) is 71.8 Å². The van der Waals surface area contributed by atoms with Crippen LogP contribution in [0.5, 0.6) is 5.75 Å². The van der Waals surface area contributed by atoms with Gasteiger partial charge in [0.2, 0.25) is 5.91 Å². The van der Waals surface area contributed by atoms with Gasteiger partial charge in [-0.05, 0) is 41.8 Å². The second-order valence-electron chi connectivity index (χ2n) is 5.07. The molecule has 2 N–H and O–H groups in total. The third-order valence-electron chi connectivity index (χ3n) is 3.64. The molecular weight excluding hydrogens is 288 g/mol. The highest BCUT2D eigenvalue weighted by Crippen LogP contribution is 2.27. The summed E-state index contributed by atoms with van der Waals surface area (Å²) in [6.45, 7) is 0. The molecule has 0 aliphatic carbocycles. The normalized spacial score (nSPS) is 11.0. The predicted molar refractivity (Wildman–Crippen MR) is 92.7 cm³/mol. The van der Waals surface area contributed by atoms with Crippen molar-refractivity contribution in [1.82, 2.24) is 0 Å². The van der Waals surface area contributed by atoms with Gasteiger partial charge < -0.3 is 10.5 Å². The summed E-state index contributed by atoms with van der Waals surface area (Å²) < 4.78 is 5.39. The first-order valence-corrected chi connectivity index (χ1v) is 7.19. The maximum absolute atomic E-state index is 11.1. The molecule has 0 unspecified atom stereocenters.